The number of anilines is 2. The normalized spacial score (nSPS) is 19.6. The van der Waals surface area contributed by atoms with Crippen LogP contribution in [0.5, 0.6) is 0 Å². The van der Waals surface area contributed by atoms with E-state index in [1.54, 1.807) is 25.4 Å². The number of aromatic nitrogens is 2. The third-order valence-electron chi connectivity index (χ3n) is 7.45. The molecule has 34 heavy (non-hydrogen) atoms. The Balaban J connectivity index is 1.39. The molecule has 2 fully saturated rings. The molecular formula is C25H29N5O4. The highest BCUT2D eigenvalue weighted by Gasteiger charge is 2.47. The van der Waals surface area contributed by atoms with Crippen LogP contribution in [0.1, 0.15) is 55.1 Å². The molecule has 3 heterocycles. The van der Waals surface area contributed by atoms with E-state index in [4.69, 9.17) is 4.74 Å². The molecular weight excluding hydrogens is 434 g/mol. The van der Waals surface area contributed by atoms with Gasteiger partial charge in [0.05, 0.1) is 5.41 Å². The van der Waals surface area contributed by atoms with Crippen molar-refractivity contribution in [3.63, 3.8) is 0 Å². The fraction of sp³-hybridized carbons (Fsp3) is 0.440. The number of allylic oxidation sites excluding steroid dienone is 1. The minimum absolute atomic E-state index is 0.0147. The summed E-state index contributed by atoms with van der Waals surface area (Å²) in [7, 11) is 1.68. The third kappa shape index (κ3) is 3.79. The number of benzene rings is 1. The summed E-state index contributed by atoms with van der Waals surface area (Å²) in [5.41, 5.74) is 3.17. The first-order valence-electron chi connectivity index (χ1n) is 11.7. The molecule has 0 bridgehead atoms. The zero-order valence-corrected chi connectivity index (χ0v) is 19.4. The topological polar surface area (TPSA) is 114 Å². The van der Waals surface area contributed by atoms with Crippen molar-refractivity contribution in [1.29, 1.82) is 0 Å². The van der Waals surface area contributed by atoms with Gasteiger partial charge < -0.3 is 20.7 Å². The van der Waals surface area contributed by atoms with Gasteiger partial charge in [0, 0.05) is 37.8 Å². The maximum Gasteiger partial charge on any atom is 0.274 e. The number of hydrogen-bond donors (Lipinski definition) is 3. The first kappa shape index (κ1) is 22.3. The standard InChI is InChI=1S/C25H29N5O4/c1-15(16-4-3-5-16)21(29-22(31)20-8-11-26-30(20)2)23(32)27-17-6-7-18-19(14-17)28-24(33)25(18)9-12-34-13-10-25/h6-8,11,14,16H,3-5,9-10,12-13H2,1-2H3,(H,27,32)(H,28,33)(H,29,31)/b21-15+. The largest absolute Gasteiger partial charge is 0.381 e. The van der Waals surface area contributed by atoms with Crippen molar-refractivity contribution in [1.82, 2.24) is 15.1 Å². The van der Waals surface area contributed by atoms with Crippen molar-refractivity contribution < 1.29 is 19.1 Å². The molecule has 3 aliphatic rings. The lowest BCUT2D eigenvalue weighted by Crippen LogP contribution is -2.39. The van der Waals surface area contributed by atoms with Gasteiger partial charge in [0.1, 0.15) is 11.4 Å². The molecule has 5 rings (SSSR count). The highest BCUT2D eigenvalue weighted by Crippen LogP contribution is 2.45. The summed E-state index contributed by atoms with van der Waals surface area (Å²) >= 11 is 0. The Morgan fingerprint density at radius 3 is 2.62 bits per heavy atom. The minimum atomic E-state index is -0.556. The fourth-order valence-electron chi connectivity index (χ4n) is 5.07. The van der Waals surface area contributed by atoms with Crippen molar-refractivity contribution in [3.8, 4) is 0 Å². The number of carbonyl (C=O) groups is 3. The molecule has 1 saturated heterocycles. The molecule has 0 atom stereocenters. The lowest BCUT2D eigenvalue weighted by atomic mass is 9.75. The van der Waals surface area contributed by atoms with Gasteiger partial charge in [0.2, 0.25) is 5.91 Å². The first-order chi connectivity index (χ1) is 16.4. The van der Waals surface area contributed by atoms with Crippen LogP contribution in [-0.4, -0.2) is 40.7 Å². The minimum Gasteiger partial charge on any atom is -0.381 e. The van der Waals surface area contributed by atoms with E-state index in [1.807, 2.05) is 19.1 Å². The van der Waals surface area contributed by atoms with E-state index < -0.39 is 5.41 Å². The summed E-state index contributed by atoms with van der Waals surface area (Å²) in [6, 6.07) is 7.12. The van der Waals surface area contributed by atoms with Crippen LogP contribution in [0.3, 0.4) is 0 Å². The van der Waals surface area contributed by atoms with Gasteiger partial charge >= 0.3 is 0 Å². The third-order valence-corrected chi connectivity index (χ3v) is 7.45. The Kier molecular flexibility index (Phi) is 5.73. The zero-order valence-electron chi connectivity index (χ0n) is 19.4. The number of hydrogen-bond acceptors (Lipinski definition) is 5. The number of carbonyl (C=O) groups excluding carboxylic acids is 3. The highest BCUT2D eigenvalue weighted by molar-refractivity contribution is 6.10. The van der Waals surface area contributed by atoms with Crippen LogP contribution in [0.15, 0.2) is 41.7 Å². The average Bonchev–Trinajstić information content (AvgIpc) is 3.32. The predicted molar refractivity (Wildman–Crippen MR) is 126 cm³/mol. The van der Waals surface area contributed by atoms with Gasteiger partial charge in [-0.2, -0.15) is 5.10 Å². The second-order valence-corrected chi connectivity index (χ2v) is 9.34. The number of nitrogens with zero attached hydrogens (tertiary/aromatic N) is 2. The van der Waals surface area contributed by atoms with E-state index >= 15 is 0 Å². The van der Waals surface area contributed by atoms with Gasteiger partial charge in [-0.15, -0.1) is 0 Å². The van der Waals surface area contributed by atoms with Crippen LogP contribution < -0.4 is 16.0 Å². The fourth-order valence-corrected chi connectivity index (χ4v) is 5.07. The number of amides is 3. The summed E-state index contributed by atoms with van der Waals surface area (Å²) in [4.78, 5) is 39.0. The van der Waals surface area contributed by atoms with Crippen LogP contribution in [0.2, 0.25) is 0 Å². The lowest BCUT2D eigenvalue weighted by Gasteiger charge is -2.31. The summed E-state index contributed by atoms with van der Waals surface area (Å²) in [5.74, 6) is -0.504. The Bertz CT molecular complexity index is 1190. The van der Waals surface area contributed by atoms with E-state index in [0.717, 1.165) is 30.4 Å². The van der Waals surface area contributed by atoms with Crippen LogP contribution in [0.25, 0.3) is 0 Å². The van der Waals surface area contributed by atoms with E-state index in [1.165, 1.54) is 4.68 Å². The van der Waals surface area contributed by atoms with Gasteiger partial charge in [-0.1, -0.05) is 12.5 Å². The molecule has 1 spiro atoms. The Morgan fingerprint density at radius 1 is 1.21 bits per heavy atom. The maximum absolute atomic E-state index is 13.3. The molecule has 178 valence electrons. The molecule has 1 aliphatic carbocycles. The molecule has 1 aromatic carbocycles. The molecule has 0 unspecified atom stereocenters. The van der Waals surface area contributed by atoms with E-state index in [9.17, 15) is 14.4 Å². The zero-order chi connectivity index (χ0) is 23.9. The molecule has 0 radical (unpaired) electrons. The monoisotopic (exact) mass is 463 g/mol. The summed E-state index contributed by atoms with van der Waals surface area (Å²) in [6.07, 6.45) is 5.95. The van der Waals surface area contributed by atoms with Crippen molar-refractivity contribution in [2.75, 3.05) is 23.8 Å². The van der Waals surface area contributed by atoms with E-state index in [2.05, 4.69) is 21.0 Å². The van der Waals surface area contributed by atoms with Crippen LogP contribution in [0, 0.1) is 5.92 Å². The van der Waals surface area contributed by atoms with Gasteiger partial charge in [-0.3, -0.25) is 19.1 Å². The van der Waals surface area contributed by atoms with Crippen molar-refractivity contribution in [3.05, 3.63) is 53.0 Å². The van der Waals surface area contributed by atoms with Crippen molar-refractivity contribution in [2.24, 2.45) is 13.0 Å². The second-order valence-electron chi connectivity index (χ2n) is 9.34. The van der Waals surface area contributed by atoms with E-state index in [0.29, 0.717) is 43.1 Å². The molecule has 3 amide bonds. The molecule has 3 N–H and O–H groups in total. The van der Waals surface area contributed by atoms with Crippen LogP contribution in [0.4, 0.5) is 11.4 Å². The van der Waals surface area contributed by atoms with Gasteiger partial charge in [0.15, 0.2) is 0 Å². The second kappa shape index (κ2) is 8.72. The van der Waals surface area contributed by atoms with Crippen molar-refractivity contribution >= 4 is 29.1 Å². The highest BCUT2D eigenvalue weighted by atomic mass is 16.5. The number of rotatable bonds is 5. The summed E-state index contributed by atoms with van der Waals surface area (Å²) in [6.45, 7) is 3.01. The number of fused-ring (bicyclic) bond motifs is 2. The summed E-state index contributed by atoms with van der Waals surface area (Å²) < 4.78 is 6.93. The first-order valence-corrected chi connectivity index (χ1v) is 11.7. The van der Waals surface area contributed by atoms with Gasteiger partial charge in [0.25, 0.3) is 11.8 Å². The molecule has 1 saturated carbocycles. The Hall–Kier alpha value is -3.46. The maximum atomic E-state index is 13.3. The number of nitrogens with one attached hydrogen (secondary N) is 3. The average molecular weight is 464 g/mol. The van der Waals surface area contributed by atoms with Crippen LogP contribution in [-0.2, 0) is 26.8 Å². The smallest absolute Gasteiger partial charge is 0.274 e. The molecule has 1 aromatic heterocycles. The SMILES string of the molecule is C/C(=C(\NC(=O)c1ccnn1C)C(=O)Nc1ccc2c(c1)NC(=O)C21CCOCC1)C1CCC1. The number of aryl methyl sites for hydroxylation is 1. The molecule has 2 aromatic rings. The molecule has 9 heteroatoms. The Labute approximate surface area is 197 Å². The Morgan fingerprint density at radius 2 is 1.97 bits per heavy atom. The molecule has 9 nitrogen and oxygen atoms in total. The van der Waals surface area contributed by atoms with Gasteiger partial charge in [-0.25, -0.2) is 0 Å². The van der Waals surface area contributed by atoms with Crippen LogP contribution >= 0.6 is 0 Å². The summed E-state index contributed by atoms with van der Waals surface area (Å²) in [5, 5.41) is 12.8. The van der Waals surface area contributed by atoms with E-state index in [-0.39, 0.29) is 29.3 Å². The predicted octanol–water partition coefficient (Wildman–Crippen LogP) is 2.86. The lowest BCUT2D eigenvalue weighted by molar-refractivity contribution is -0.124. The quantitative estimate of drug-likeness (QED) is 0.590. The molecule has 2 aliphatic heterocycles. The number of ether oxygens (including phenoxy) is 1. The van der Waals surface area contributed by atoms with Crippen molar-refractivity contribution in [2.45, 2.75) is 44.4 Å². The van der Waals surface area contributed by atoms with Gasteiger partial charge in [-0.05, 0) is 67.9 Å².